The van der Waals surface area contributed by atoms with Crippen LogP contribution >= 0.6 is 0 Å². The van der Waals surface area contributed by atoms with E-state index in [1.165, 1.54) is 19.3 Å². The van der Waals surface area contributed by atoms with Crippen molar-refractivity contribution >= 4 is 11.7 Å². The van der Waals surface area contributed by atoms with E-state index in [4.69, 9.17) is 14.2 Å². The molecule has 3 atom stereocenters. The molecule has 2 fully saturated rings. The largest absolute Gasteiger partial charge is 0.491 e. The Bertz CT molecular complexity index is 572. The minimum absolute atomic E-state index is 0.201. The van der Waals surface area contributed by atoms with E-state index in [0.717, 1.165) is 37.3 Å². The Morgan fingerprint density at radius 1 is 1.15 bits per heavy atom. The summed E-state index contributed by atoms with van der Waals surface area (Å²) in [6, 6.07) is 7.18. The Kier molecular flexibility index (Phi) is 7.78. The van der Waals surface area contributed by atoms with E-state index in [1.54, 1.807) is 0 Å². The Hall–Kier alpha value is -1.79. The van der Waals surface area contributed by atoms with Crippen molar-refractivity contribution in [1.82, 2.24) is 5.32 Å². The Morgan fingerprint density at radius 3 is 2.70 bits per heavy atom. The first-order valence-electron chi connectivity index (χ1n) is 10.2. The lowest BCUT2D eigenvalue weighted by Gasteiger charge is -2.28. The molecule has 1 aliphatic carbocycles. The molecule has 0 unspecified atom stereocenters. The van der Waals surface area contributed by atoms with Crippen LogP contribution in [0.2, 0.25) is 0 Å². The minimum Gasteiger partial charge on any atom is -0.491 e. The zero-order chi connectivity index (χ0) is 18.9. The first-order chi connectivity index (χ1) is 13.2. The molecule has 0 radical (unpaired) electrons. The number of hydrogen-bond acceptors (Lipinski definition) is 4. The van der Waals surface area contributed by atoms with E-state index >= 15 is 0 Å². The maximum atomic E-state index is 12.0. The summed E-state index contributed by atoms with van der Waals surface area (Å²) < 4.78 is 17.2. The van der Waals surface area contributed by atoms with E-state index in [0.29, 0.717) is 31.8 Å². The van der Waals surface area contributed by atoms with Crippen LogP contribution in [0.1, 0.15) is 45.4 Å². The molecule has 1 saturated heterocycles. The topological polar surface area (TPSA) is 68.8 Å². The molecular formula is C21H32N2O4. The van der Waals surface area contributed by atoms with Gasteiger partial charge in [-0.15, -0.1) is 0 Å². The highest BCUT2D eigenvalue weighted by Crippen LogP contribution is 2.26. The number of ether oxygens (including phenoxy) is 3. The van der Waals surface area contributed by atoms with Crippen molar-refractivity contribution in [3.63, 3.8) is 0 Å². The monoisotopic (exact) mass is 376 g/mol. The van der Waals surface area contributed by atoms with E-state index < -0.39 is 0 Å². The number of rotatable bonds is 8. The lowest BCUT2D eigenvalue weighted by molar-refractivity contribution is -0.00232. The molecule has 150 valence electrons. The van der Waals surface area contributed by atoms with Gasteiger partial charge in [0, 0.05) is 18.8 Å². The quantitative estimate of drug-likeness (QED) is 0.674. The average Bonchev–Trinajstić information content (AvgIpc) is 3.20. The van der Waals surface area contributed by atoms with Crippen molar-refractivity contribution < 1.29 is 19.0 Å². The molecule has 1 aliphatic heterocycles. The molecule has 2 aliphatic rings. The van der Waals surface area contributed by atoms with Gasteiger partial charge in [0.25, 0.3) is 0 Å². The summed E-state index contributed by atoms with van der Waals surface area (Å²) in [7, 11) is 0. The summed E-state index contributed by atoms with van der Waals surface area (Å²) in [6.07, 6.45) is 7.63. The zero-order valence-electron chi connectivity index (χ0n) is 16.2. The normalized spacial score (nSPS) is 25.1. The van der Waals surface area contributed by atoms with Gasteiger partial charge in [0.15, 0.2) is 0 Å². The van der Waals surface area contributed by atoms with Crippen LogP contribution in [-0.4, -0.2) is 44.6 Å². The van der Waals surface area contributed by atoms with Gasteiger partial charge in [-0.1, -0.05) is 19.8 Å². The molecule has 2 N–H and O–H groups in total. The highest BCUT2D eigenvalue weighted by atomic mass is 16.5. The van der Waals surface area contributed by atoms with Gasteiger partial charge >= 0.3 is 6.03 Å². The Morgan fingerprint density at radius 2 is 1.96 bits per heavy atom. The van der Waals surface area contributed by atoms with Gasteiger partial charge in [-0.05, 0) is 55.9 Å². The number of carbonyl (C=O) groups excluding carboxylic acids is 1. The number of amides is 2. The molecule has 0 spiro atoms. The van der Waals surface area contributed by atoms with E-state index in [-0.39, 0.29) is 12.1 Å². The number of hydrogen-bond donors (Lipinski definition) is 2. The molecule has 2 amide bonds. The van der Waals surface area contributed by atoms with Gasteiger partial charge in [0.05, 0.1) is 18.8 Å². The molecular weight excluding hydrogens is 344 g/mol. The smallest absolute Gasteiger partial charge is 0.319 e. The van der Waals surface area contributed by atoms with Crippen molar-refractivity contribution in [1.29, 1.82) is 0 Å². The second kappa shape index (κ2) is 10.5. The summed E-state index contributed by atoms with van der Waals surface area (Å²) in [5.74, 6) is 1.40. The van der Waals surface area contributed by atoms with Crippen LogP contribution in [-0.2, 0) is 9.47 Å². The molecule has 1 aromatic rings. The first-order valence-corrected chi connectivity index (χ1v) is 10.2. The van der Waals surface area contributed by atoms with Crippen LogP contribution in [0.3, 0.4) is 0 Å². The summed E-state index contributed by atoms with van der Waals surface area (Å²) >= 11 is 0. The predicted octanol–water partition coefficient (Wildman–Crippen LogP) is 3.96. The second-order valence-corrected chi connectivity index (χ2v) is 7.52. The van der Waals surface area contributed by atoms with Crippen LogP contribution < -0.4 is 15.4 Å². The van der Waals surface area contributed by atoms with Gasteiger partial charge in [-0.3, -0.25) is 0 Å². The van der Waals surface area contributed by atoms with Crippen molar-refractivity contribution in [2.45, 2.75) is 57.7 Å². The molecule has 1 saturated carbocycles. The van der Waals surface area contributed by atoms with E-state index in [1.807, 2.05) is 24.3 Å². The number of nitrogens with one attached hydrogen (secondary N) is 2. The van der Waals surface area contributed by atoms with Crippen LogP contribution in [0, 0.1) is 5.92 Å². The van der Waals surface area contributed by atoms with Gasteiger partial charge in [-0.2, -0.15) is 0 Å². The minimum atomic E-state index is -0.219. The van der Waals surface area contributed by atoms with Crippen molar-refractivity contribution in [3.05, 3.63) is 24.3 Å². The molecule has 6 heteroatoms. The Labute approximate surface area is 161 Å². The highest BCUT2D eigenvalue weighted by molar-refractivity contribution is 5.89. The van der Waals surface area contributed by atoms with Crippen LogP contribution in [0.5, 0.6) is 5.75 Å². The van der Waals surface area contributed by atoms with E-state index in [9.17, 15) is 4.79 Å². The van der Waals surface area contributed by atoms with Crippen molar-refractivity contribution in [3.8, 4) is 5.75 Å². The Balaban J connectivity index is 1.30. The van der Waals surface area contributed by atoms with Crippen LogP contribution in [0.4, 0.5) is 10.5 Å². The summed E-state index contributed by atoms with van der Waals surface area (Å²) in [5.41, 5.74) is 0.735. The van der Waals surface area contributed by atoms with Gasteiger partial charge in [0.2, 0.25) is 0 Å². The molecule has 3 rings (SSSR count). The maximum absolute atomic E-state index is 12.0. The SMILES string of the molecule is C[C@@H]1CCCC[C@@H]1OCCNC(=O)Nc1ccc(OC[C@H]2CCCO2)cc1. The lowest BCUT2D eigenvalue weighted by Crippen LogP contribution is -2.34. The summed E-state index contributed by atoms with van der Waals surface area (Å²) in [6.45, 7) is 4.72. The standard InChI is InChI=1S/C21H32N2O4/c1-16-5-2-3-7-20(16)26-14-12-22-21(24)23-17-8-10-18(11-9-17)27-15-19-6-4-13-25-19/h8-11,16,19-20H,2-7,12-15H2,1H3,(H2,22,23,24)/t16-,19-,20+/m1/s1. The van der Waals surface area contributed by atoms with Crippen LogP contribution in [0.15, 0.2) is 24.3 Å². The molecule has 1 heterocycles. The van der Waals surface area contributed by atoms with Crippen molar-refractivity contribution in [2.24, 2.45) is 5.92 Å². The molecule has 0 aromatic heterocycles. The third-order valence-corrected chi connectivity index (χ3v) is 5.32. The molecule has 0 bridgehead atoms. The fraction of sp³-hybridized carbons (Fsp3) is 0.667. The molecule has 1 aromatic carbocycles. The maximum Gasteiger partial charge on any atom is 0.319 e. The van der Waals surface area contributed by atoms with Crippen LogP contribution in [0.25, 0.3) is 0 Å². The first kappa shape index (κ1) is 20.0. The third-order valence-electron chi connectivity index (χ3n) is 5.32. The van der Waals surface area contributed by atoms with E-state index in [2.05, 4.69) is 17.6 Å². The summed E-state index contributed by atoms with van der Waals surface area (Å²) in [5, 5.41) is 5.67. The number of anilines is 1. The molecule has 6 nitrogen and oxygen atoms in total. The lowest BCUT2D eigenvalue weighted by atomic mass is 9.88. The zero-order valence-corrected chi connectivity index (χ0v) is 16.2. The van der Waals surface area contributed by atoms with Gasteiger partial charge in [0.1, 0.15) is 12.4 Å². The fourth-order valence-corrected chi connectivity index (χ4v) is 3.68. The number of carbonyl (C=O) groups is 1. The molecule has 27 heavy (non-hydrogen) atoms. The highest BCUT2D eigenvalue weighted by Gasteiger charge is 2.21. The summed E-state index contributed by atoms with van der Waals surface area (Å²) in [4.78, 5) is 12.0. The predicted molar refractivity (Wildman–Crippen MR) is 105 cm³/mol. The fourth-order valence-electron chi connectivity index (χ4n) is 3.68. The van der Waals surface area contributed by atoms with Gasteiger partial charge < -0.3 is 24.8 Å². The van der Waals surface area contributed by atoms with Gasteiger partial charge in [-0.25, -0.2) is 4.79 Å². The van der Waals surface area contributed by atoms with Crippen molar-refractivity contribution in [2.75, 3.05) is 31.7 Å². The number of benzene rings is 1. The number of urea groups is 1. The third kappa shape index (κ3) is 6.70. The second-order valence-electron chi connectivity index (χ2n) is 7.52. The average molecular weight is 376 g/mol.